The van der Waals surface area contributed by atoms with Crippen LogP contribution in [0, 0.1) is 11.2 Å². The number of carbonyl (C=O) groups excluding carboxylic acids is 2. The molecule has 1 aromatic carbocycles. The summed E-state index contributed by atoms with van der Waals surface area (Å²) in [7, 11) is 0. The molecule has 1 aliphatic carbocycles. The number of hydrogen-bond acceptors (Lipinski definition) is 3. The molecule has 1 saturated carbocycles. The van der Waals surface area contributed by atoms with Crippen LogP contribution in [0.5, 0.6) is 0 Å². The monoisotopic (exact) mass is 293 g/mol. The van der Waals surface area contributed by atoms with Gasteiger partial charge in [0.25, 0.3) is 0 Å². The van der Waals surface area contributed by atoms with Crippen LogP contribution in [0.3, 0.4) is 0 Å². The Hall–Kier alpha value is -1.95. The Kier molecular flexibility index (Phi) is 4.27. The second-order valence-electron chi connectivity index (χ2n) is 5.75. The number of carbonyl (C=O) groups is 2. The molecule has 1 aromatic rings. The number of rotatable bonds is 3. The van der Waals surface area contributed by atoms with Gasteiger partial charge in [-0.25, -0.2) is 4.39 Å². The maximum absolute atomic E-state index is 13.6. The number of nitrogens with one attached hydrogen (secondary N) is 2. The van der Waals surface area contributed by atoms with Crippen molar-refractivity contribution in [3.8, 4) is 0 Å². The number of nitrogens with two attached hydrogens (primary N) is 1. The Morgan fingerprint density at radius 2 is 2.10 bits per heavy atom. The lowest BCUT2D eigenvalue weighted by Gasteiger charge is -2.27. The van der Waals surface area contributed by atoms with Crippen LogP contribution in [0.25, 0.3) is 0 Å². The van der Waals surface area contributed by atoms with Crippen molar-refractivity contribution < 1.29 is 14.0 Å². The van der Waals surface area contributed by atoms with E-state index in [9.17, 15) is 14.0 Å². The summed E-state index contributed by atoms with van der Waals surface area (Å²) >= 11 is 0. The molecule has 2 amide bonds. The summed E-state index contributed by atoms with van der Waals surface area (Å²) in [6.07, 6.45) is 2.48. The molecular formula is C15H20FN3O2. The van der Waals surface area contributed by atoms with Gasteiger partial charge in [0.1, 0.15) is 5.82 Å². The van der Waals surface area contributed by atoms with Gasteiger partial charge in [-0.3, -0.25) is 9.59 Å². The molecule has 1 aliphatic rings. The first-order valence-electron chi connectivity index (χ1n) is 6.97. The molecule has 0 spiro atoms. The summed E-state index contributed by atoms with van der Waals surface area (Å²) in [5.41, 5.74) is 5.88. The van der Waals surface area contributed by atoms with Gasteiger partial charge in [-0.05, 0) is 38.0 Å². The van der Waals surface area contributed by atoms with Crippen LogP contribution in [0.15, 0.2) is 18.2 Å². The van der Waals surface area contributed by atoms with Gasteiger partial charge in [0.2, 0.25) is 11.8 Å². The lowest BCUT2D eigenvalue weighted by Crippen LogP contribution is -2.44. The van der Waals surface area contributed by atoms with Gasteiger partial charge in [-0.2, -0.15) is 0 Å². The molecule has 21 heavy (non-hydrogen) atoms. The Morgan fingerprint density at radius 3 is 2.67 bits per heavy atom. The summed E-state index contributed by atoms with van der Waals surface area (Å²) in [4.78, 5) is 23.4. The van der Waals surface area contributed by atoms with Crippen LogP contribution in [0.1, 0.15) is 33.1 Å². The molecule has 0 aromatic heterocycles. The first-order valence-corrected chi connectivity index (χ1v) is 6.97. The summed E-state index contributed by atoms with van der Waals surface area (Å²) in [6, 6.07) is 3.89. The van der Waals surface area contributed by atoms with E-state index in [4.69, 9.17) is 5.73 Å². The van der Waals surface area contributed by atoms with E-state index in [-0.39, 0.29) is 23.5 Å². The first-order chi connectivity index (χ1) is 9.83. The highest BCUT2D eigenvalue weighted by molar-refractivity contribution is 5.97. The minimum Gasteiger partial charge on any atom is -0.327 e. The van der Waals surface area contributed by atoms with Crippen LogP contribution >= 0.6 is 0 Å². The maximum atomic E-state index is 13.6. The fraction of sp³-hybridized carbons (Fsp3) is 0.467. The van der Waals surface area contributed by atoms with Crippen molar-refractivity contribution in [2.24, 2.45) is 11.1 Å². The molecular weight excluding hydrogens is 273 g/mol. The van der Waals surface area contributed by atoms with Crippen LogP contribution < -0.4 is 16.4 Å². The zero-order chi connectivity index (χ0) is 15.6. The normalized spacial score (nSPS) is 24.7. The molecule has 1 fully saturated rings. The third kappa shape index (κ3) is 3.21. The van der Waals surface area contributed by atoms with Crippen molar-refractivity contribution in [2.45, 2.75) is 39.2 Å². The quantitative estimate of drug-likeness (QED) is 0.799. The average molecular weight is 293 g/mol. The minimum atomic E-state index is -0.609. The Labute approximate surface area is 123 Å². The molecule has 114 valence electrons. The van der Waals surface area contributed by atoms with Crippen LogP contribution in [0.4, 0.5) is 15.8 Å². The smallest absolute Gasteiger partial charge is 0.231 e. The van der Waals surface area contributed by atoms with Gasteiger partial charge < -0.3 is 16.4 Å². The molecule has 2 rings (SSSR count). The van der Waals surface area contributed by atoms with E-state index in [2.05, 4.69) is 10.6 Å². The molecule has 0 heterocycles. The predicted molar refractivity (Wildman–Crippen MR) is 79.3 cm³/mol. The van der Waals surface area contributed by atoms with Crippen LogP contribution in [0.2, 0.25) is 0 Å². The number of hydrogen-bond donors (Lipinski definition) is 3. The fourth-order valence-electron chi connectivity index (χ4n) is 2.64. The molecule has 6 heteroatoms. The SMILES string of the molecule is CC(=O)Nc1cc(NC(=O)C2(C)CCCC2N)ccc1F. The van der Waals surface area contributed by atoms with Crippen molar-refractivity contribution in [3.05, 3.63) is 24.0 Å². The van der Waals surface area contributed by atoms with E-state index >= 15 is 0 Å². The van der Waals surface area contributed by atoms with Crippen molar-refractivity contribution >= 4 is 23.2 Å². The second-order valence-corrected chi connectivity index (χ2v) is 5.75. The molecule has 0 bridgehead atoms. The molecule has 0 aliphatic heterocycles. The number of amides is 2. The largest absolute Gasteiger partial charge is 0.327 e. The lowest BCUT2D eigenvalue weighted by molar-refractivity contribution is -0.125. The molecule has 0 radical (unpaired) electrons. The van der Waals surface area contributed by atoms with E-state index in [0.29, 0.717) is 5.69 Å². The van der Waals surface area contributed by atoms with Crippen molar-refractivity contribution in [1.29, 1.82) is 0 Å². The summed E-state index contributed by atoms with van der Waals surface area (Å²) in [6.45, 7) is 3.14. The standard InChI is InChI=1S/C15H20FN3O2/c1-9(20)18-12-8-10(5-6-11(12)16)19-14(21)15(2)7-3-4-13(15)17/h5-6,8,13H,3-4,7,17H2,1-2H3,(H,18,20)(H,19,21). The Morgan fingerprint density at radius 1 is 1.38 bits per heavy atom. The van der Waals surface area contributed by atoms with Gasteiger partial charge in [0.05, 0.1) is 11.1 Å². The van der Waals surface area contributed by atoms with Gasteiger partial charge >= 0.3 is 0 Å². The molecule has 5 nitrogen and oxygen atoms in total. The highest BCUT2D eigenvalue weighted by Gasteiger charge is 2.42. The van der Waals surface area contributed by atoms with E-state index in [1.54, 1.807) is 0 Å². The lowest BCUT2D eigenvalue weighted by atomic mass is 9.84. The van der Waals surface area contributed by atoms with Gasteiger partial charge in [-0.1, -0.05) is 6.42 Å². The molecule has 0 saturated heterocycles. The predicted octanol–water partition coefficient (Wildman–Crippen LogP) is 2.24. The summed E-state index contributed by atoms with van der Waals surface area (Å²) in [5.74, 6) is -1.10. The minimum absolute atomic E-state index is 0.0428. The van der Waals surface area contributed by atoms with E-state index in [1.807, 2.05) is 6.92 Å². The Balaban J connectivity index is 2.16. The summed E-state index contributed by atoms with van der Waals surface area (Å²) < 4.78 is 13.6. The topological polar surface area (TPSA) is 84.2 Å². The third-order valence-electron chi connectivity index (χ3n) is 4.08. The van der Waals surface area contributed by atoms with Gasteiger partial charge in [0.15, 0.2) is 0 Å². The van der Waals surface area contributed by atoms with Crippen LogP contribution in [-0.4, -0.2) is 17.9 Å². The van der Waals surface area contributed by atoms with Gasteiger partial charge in [0, 0.05) is 18.7 Å². The van der Waals surface area contributed by atoms with E-state index < -0.39 is 11.2 Å². The molecule has 2 atom stereocenters. The van der Waals surface area contributed by atoms with E-state index in [0.717, 1.165) is 19.3 Å². The molecule has 2 unspecified atom stereocenters. The summed E-state index contributed by atoms with van der Waals surface area (Å²) in [5, 5.41) is 5.14. The van der Waals surface area contributed by atoms with E-state index in [1.165, 1.54) is 25.1 Å². The second kappa shape index (κ2) is 5.81. The van der Waals surface area contributed by atoms with Crippen molar-refractivity contribution in [3.63, 3.8) is 0 Å². The van der Waals surface area contributed by atoms with Gasteiger partial charge in [-0.15, -0.1) is 0 Å². The van der Waals surface area contributed by atoms with Crippen molar-refractivity contribution in [1.82, 2.24) is 0 Å². The highest BCUT2D eigenvalue weighted by Crippen LogP contribution is 2.37. The zero-order valence-electron chi connectivity index (χ0n) is 12.2. The maximum Gasteiger partial charge on any atom is 0.231 e. The van der Waals surface area contributed by atoms with Crippen molar-refractivity contribution in [2.75, 3.05) is 10.6 Å². The first kappa shape index (κ1) is 15.4. The molecule has 4 N–H and O–H groups in total. The highest BCUT2D eigenvalue weighted by atomic mass is 19.1. The zero-order valence-corrected chi connectivity index (χ0v) is 12.2. The third-order valence-corrected chi connectivity index (χ3v) is 4.08. The number of halogens is 1. The average Bonchev–Trinajstić information content (AvgIpc) is 2.74. The Bertz CT molecular complexity index is 576. The number of benzene rings is 1. The fourth-order valence-corrected chi connectivity index (χ4v) is 2.64. The number of anilines is 2. The van der Waals surface area contributed by atoms with Crippen LogP contribution in [-0.2, 0) is 9.59 Å².